The number of imide groups is 1. The van der Waals surface area contributed by atoms with Crippen molar-refractivity contribution in [1.82, 2.24) is 10.2 Å². The van der Waals surface area contributed by atoms with Crippen LogP contribution >= 0.6 is 0 Å². The lowest BCUT2D eigenvalue weighted by atomic mass is 9.81. The van der Waals surface area contributed by atoms with Crippen molar-refractivity contribution in [3.8, 4) is 0 Å². The molecule has 3 amide bonds. The van der Waals surface area contributed by atoms with E-state index in [0.717, 1.165) is 38.5 Å². The molecule has 0 radical (unpaired) electrons. The maximum Gasteiger partial charge on any atom is 0.253 e. The Kier molecular flexibility index (Phi) is 6.27. The molecule has 3 aliphatic rings. The lowest BCUT2D eigenvalue weighted by molar-refractivity contribution is -0.138. The van der Waals surface area contributed by atoms with Crippen LogP contribution in [0.1, 0.15) is 70.6 Å². The van der Waals surface area contributed by atoms with Gasteiger partial charge < -0.3 is 5.32 Å². The van der Waals surface area contributed by atoms with E-state index in [4.69, 9.17) is 0 Å². The van der Waals surface area contributed by atoms with Crippen molar-refractivity contribution < 1.29 is 14.4 Å². The van der Waals surface area contributed by atoms with E-state index in [1.165, 1.54) is 49.2 Å². The maximum absolute atomic E-state index is 12.6. The smallest absolute Gasteiger partial charge is 0.253 e. The van der Waals surface area contributed by atoms with Gasteiger partial charge in [-0.25, -0.2) is 0 Å². The molecule has 2 fully saturated rings. The zero-order chi connectivity index (χ0) is 17.6. The fourth-order valence-corrected chi connectivity index (χ4v) is 4.40. The molecule has 0 unspecified atom stereocenters. The van der Waals surface area contributed by atoms with Crippen LogP contribution in [0.3, 0.4) is 0 Å². The molecule has 0 bridgehead atoms. The molecule has 2 aliphatic carbocycles. The van der Waals surface area contributed by atoms with E-state index in [9.17, 15) is 14.4 Å². The predicted octanol–water partition coefficient (Wildman–Crippen LogP) is 2.95. The lowest BCUT2D eigenvalue weighted by Crippen LogP contribution is -2.41. The zero-order valence-corrected chi connectivity index (χ0v) is 15.0. The molecule has 0 aromatic rings. The number of rotatable bonds is 4. The third-order valence-corrected chi connectivity index (χ3v) is 6.01. The Labute approximate surface area is 150 Å². The molecule has 138 valence electrons. The van der Waals surface area contributed by atoms with Crippen molar-refractivity contribution in [2.24, 2.45) is 11.8 Å². The van der Waals surface area contributed by atoms with Gasteiger partial charge in [-0.05, 0) is 44.4 Å². The SMILES string of the molecule is O=C(NC1CCCCCCC1)C1CCC(CN2C(=O)C=CC2=O)CC1. The van der Waals surface area contributed by atoms with E-state index >= 15 is 0 Å². The second kappa shape index (κ2) is 8.63. The molecule has 0 atom stereocenters. The quantitative estimate of drug-likeness (QED) is 0.796. The Morgan fingerprint density at radius 3 is 2.04 bits per heavy atom. The van der Waals surface area contributed by atoms with Crippen molar-refractivity contribution in [2.45, 2.75) is 76.7 Å². The molecule has 0 aromatic heterocycles. The van der Waals surface area contributed by atoms with Gasteiger partial charge in [-0.1, -0.05) is 32.1 Å². The van der Waals surface area contributed by atoms with E-state index in [0.29, 0.717) is 18.5 Å². The topological polar surface area (TPSA) is 66.5 Å². The van der Waals surface area contributed by atoms with Gasteiger partial charge in [0.1, 0.15) is 0 Å². The van der Waals surface area contributed by atoms with Crippen molar-refractivity contribution in [3.05, 3.63) is 12.2 Å². The van der Waals surface area contributed by atoms with E-state index in [1.807, 2.05) is 0 Å². The molecule has 5 heteroatoms. The molecule has 25 heavy (non-hydrogen) atoms. The summed E-state index contributed by atoms with van der Waals surface area (Å²) >= 11 is 0. The Bertz CT molecular complexity index is 509. The van der Waals surface area contributed by atoms with Crippen LogP contribution in [-0.4, -0.2) is 35.2 Å². The number of nitrogens with zero attached hydrogens (tertiary/aromatic N) is 1. The van der Waals surface area contributed by atoms with Crippen LogP contribution in [0.4, 0.5) is 0 Å². The number of amides is 3. The number of hydrogen-bond acceptors (Lipinski definition) is 3. The fraction of sp³-hybridized carbons (Fsp3) is 0.750. The summed E-state index contributed by atoms with van der Waals surface area (Å²) in [6.45, 7) is 0.502. The first-order valence-electron chi connectivity index (χ1n) is 9.97. The molecule has 0 saturated heterocycles. The standard InChI is InChI=1S/C20H30N2O3/c23-18-12-13-19(24)22(18)14-15-8-10-16(11-9-15)20(25)21-17-6-4-2-1-3-5-7-17/h12-13,15-17H,1-11,14H2,(H,21,25). The van der Waals surface area contributed by atoms with Crippen LogP contribution in [-0.2, 0) is 14.4 Å². The number of hydrogen-bond donors (Lipinski definition) is 1. The summed E-state index contributed by atoms with van der Waals surface area (Å²) in [4.78, 5) is 37.2. The molecule has 3 rings (SSSR count). The van der Waals surface area contributed by atoms with Crippen molar-refractivity contribution in [3.63, 3.8) is 0 Å². The lowest BCUT2D eigenvalue weighted by Gasteiger charge is -2.31. The van der Waals surface area contributed by atoms with Gasteiger partial charge in [0.25, 0.3) is 11.8 Å². The highest BCUT2D eigenvalue weighted by Crippen LogP contribution is 2.30. The molecule has 1 aliphatic heterocycles. The highest BCUT2D eigenvalue weighted by molar-refractivity contribution is 6.12. The summed E-state index contributed by atoms with van der Waals surface area (Å²) in [6, 6.07) is 0.358. The Hall–Kier alpha value is -1.65. The summed E-state index contributed by atoms with van der Waals surface area (Å²) < 4.78 is 0. The summed E-state index contributed by atoms with van der Waals surface area (Å²) in [5.74, 6) is 0.255. The van der Waals surface area contributed by atoms with E-state index in [2.05, 4.69) is 5.32 Å². The van der Waals surface area contributed by atoms with Gasteiger partial charge in [-0.2, -0.15) is 0 Å². The number of carbonyl (C=O) groups is 3. The maximum atomic E-state index is 12.6. The fourth-order valence-electron chi connectivity index (χ4n) is 4.40. The van der Waals surface area contributed by atoms with Gasteiger partial charge in [0.2, 0.25) is 5.91 Å². The molecule has 2 saturated carbocycles. The minimum atomic E-state index is -0.200. The van der Waals surface area contributed by atoms with Crippen LogP contribution in [0.25, 0.3) is 0 Å². The Morgan fingerprint density at radius 2 is 1.44 bits per heavy atom. The van der Waals surface area contributed by atoms with Crippen molar-refractivity contribution in [1.29, 1.82) is 0 Å². The summed E-state index contributed by atoms with van der Waals surface area (Å²) in [5, 5.41) is 3.29. The van der Waals surface area contributed by atoms with E-state index in [1.54, 1.807) is 0 Å². The second-order valence-corrected chi connectivity index (χ2v) is 7.89. The predicted molar refractivity (Wildman–Crippen MR) is 95.6 cm³/mol. The summed E-state index contributed by atoms with van der Waals surface area (Å²) in [7, 11) is 0. The average molecular weight is 346 g/mol. The Morgan fingerprint density at radius 1 is 0.880 bits per heavy atom. The first-order chi connectivity index (χ1) is 12.1. The molecule has 0 spiro atoms. The highest BCUT2D eigenvalue weighted by atomic mass is 16.2. The Balaban J connectivity index is 1.41. The van der Waals surface area contributed by atoms with Crippen molar-refractivity contribution in [2.75, 3.05) is 6.54 Å². The summed E-state index contributed by atoms with van der Waals surface area (Å²) in [6.07, 6.45) is 14.9. The van der Waals surface area contributed by atoms with E-state index in [-0.39, 0.29) is 23.6 Å². The average Bonchev–Trinajstić information content (AvgIpc) is 2.90. The van der Waals surface area contributed by atoms with Crippen LogP contribution < -0.4 is 5.32 Å². The minimum absolute atomic E-state index is 0.102. The second-order valence-electron chi connectivity index (χ2n) is 7.89. The summed E-state index contributed by atoms with van der Waals surface area (Å²) in [5.41, 5.74) is 0. The number of nitrogens with one attached hydrogen (secondary N) is 1. The van der Waals surface area contributed by atoms with Gasteiger partial charge in [0.15, 0.2) is 0 Å². The minimum Gasteiger partial charge on any atom is -0.353 e. The third-order valence-electron chi connectivity index (χ3n) is 6.01. The monoisotopic (exact) mass is 346 g/mol. The van der Waals surface area contributed by atoms with Crippen LogP contribution in [0.5, 0.6) is 0 Å². The van der Waals surface area contributed by atoms with Crippen LogP contribution in [0.15, 0.2) is 12.2 Å². The van der Waals surface area contributed by atoms with Crippen LogP contribution in [0.2, 0.25) is 0 Å². The van der Waals surface area contributed by atoms with Gasteiger partial charge in [0, 0.05) is 30.7 Å². The highest BCUT2D eigenvalue weighted by Gasteiger charge is 2.31. The molecule has 5 nitrogen and oxygen atoms in total. The normalized spacial score (nSPS) is 28.7. The first kappa shape index (κ1) is 18.2. The van der Waals surface area contributed by atoms with Crippen molar-refractivity contribution >= 4 is 17.7 Å². The van der Waals surface area contributed by atoms with Crippen LogP contribution in [0, 0.1) is 11.8 Å². The third kappa shape index (κ3) is 4.93. The largest absolute Gasteiger partial charge is 0.353 e. The molecular weight excluding hydrogens is 316 g/mol. The first-order valence-corrected chi connectivity index (χ1v) is 9.97. The zero-order valence-electron chi connectivity index (χ0n) is 15.0. The van der Waals surface area contributed by atoms with Gasteiger partial charge in [-0.15, -0.1) is 0 Å². The number of carbonyl (C=O) groups excluding carboxylic acids is 3. The van der Waals surface area contributed by atoms with Gasteiger partial charge >= 0.3 is 0 Å². The van der Waals surface area contributed by atoms with Gasteiger partial charge in [0.05, 0.1) is 0 Å². The van der Waals surface area contributed by atoms with Gasteiger partial charge in [-0.3, -0.25) is 19.3 Å². The molecular formula is C20H30N2O3. The van der Waals surface area contributed by atoms with E-state index < -0.39 is 0 Å². The molecule has 1 heterocycles. The molecule has 1 N–H and O–H groups in total. The molecule has 0 aromatic carbocycles.